The van der Waals surface area contributed by atoms with Crippen LogP contribution in [0.5, 0.6) is 0 Å². The van der Waals surface area contributed by atoms with Gasteiger partial charge in [0.1, 0.15) is 13.2 Å². The first-order valence-corrected chi connectivity index (χ1v) is 24.6. The lowest BCUT2D eigenvalue weighted by molar-refractivity contribution is -0.870. The molecule has 0 aromatic rings. The Labute approximate surface area is 341 Å². The lowest BCUT2D eigenvalue weighted by Gasteiger charge is -2.30. The van der Waals surface area contributed by atoms with E-state index in [-0.39, 0.29) is 19.1 Å². The van der Waals surface area contributed by atoms with E-state index < -0.39 is 20.0 Å². The van der Waals surface area contributed by atoms with Crippen molar-refractivity contribution in [1.29, 1.82) is 0 Å². The Morgan fingerprint density at radius 1 is 0.636 bits per heavy atom. The summed E-state index contributed by atoms with van der Waals surface area (Å²) in [6, 6.07) is -0.805. The summed E-state index contributed by atoms with van der Waals surface area (Å²) < 4.78 is 23.3. The molecule has 0 heterocycles. The van der Waals surface area contributed by atoms with Crippen molar-refractivity contribution in [1.82, 2.24) is 5.32 Å². The number of hydrogen-bond donors (Lipinski definition) is 2. The van der Waals surface area contributed by atoms with Crippen LogP contribution in [0.4, 0.5) is 0 Å². The van der Waals surface area contributed by atoms with Gasteiger partial charge in [-0.3, -0.25) is 9.36 Å². The first-order valence-electron chi connectivity index (χ1n) is 23.2. The van der Waals surface area contributed by atoms with Crippen molar-refractivity contribution in [2.45, 2.75) is 225 Å². The zero-order chi connectivity index (χ0) is 40.7. The molecule has 2 N–H and O–H groups in total. The molecule has 0 bridgehead atoms. The van der Waals surface area contributed by atoms with Gasteiger partial charge in [-0.2, -0.15) is 0 Å². The molecule has 0 fully saturated rings. The fourth-order valence-corrected chi connectivity index (χ4v) is 7.45. The maximum Gasteiger partial charge on any atom is 0.268 e. The average molecular weight is 799 g/mol. The number of nitrogens with one attached hydrogen (secondary N) is 1. The van der Waals surface area contributed by atoms with Gasteiger partial charge in [-0.1, -0.05) is 192 Å². The minimum absolute atomic E-state index is 0.00986. The monoisotopic (exact) mass is 799 g/mol. The molecule has 0 aliphatic heterocycles. The minimum atomic E-state index is -4.57. The molecule has 8 nitrogen and oxygen atoms in total. The normalized spacial score (nSPS) is 14.5. The van der Waals surface area contributed by atoms with Gasteiger partial charge in [0.25, 0.3) is 7.82 Å². The minimum Gasteiger partial charge on any atom is -0.756 e. The van der Waals surface area contributed by atoms with Crippen molar-refractivity contribution < 1.29 is 32.9 Å². The molecule has 0 aliphatic rings. The number of unbranched alkanes of at least 4 members (excludes halogenated alkanes) is 25. The molecular weight excluding hydrogens is 707 g/mol. The Morgan fingerprint density at radius 2 is 1.09 bits per heavy atom. The maximum absolute atomic E-state index is 12.9. The van der Waals surface area contributed by atoms with Crippen molar-refractivity contribution in [2.75, 3.05) is 40.9 Å². The summed E-state index contributed by atoms with van der Waals surface area (Å²) in [7, 11) is 1.30. The van der Waals surface area contributed by atoms with Crippen LogP contribution in [0.1, 0.15) is 213 Å². The molecule has 0 saturated heterocycles. The number of carbonyl (C=O) groups excluding carboxylic acids is 1. The van der Waals surface area contributed by atoms with Gasteiger partial charge in [-0.15, -0.1) is 0 Å². The van der Waals surface area contributed by atoms with Gasteiger partial charge in [0.2, 0.25) is 5.91 Å². The molecule has 0 spiro atoms. The number of amides is 1. The number of likely N-dealkylation sites (N-methyl/N-ethyl adjacent to an activating group) is 1. The number of rotatable bonds is 42. The Hall–Kier alpha value is -1.02. The van der Waals surface area contributed by atoms with Gasteiger partial charge >= 0.3 is 0 Å². The summed E-state index contributed by atoms with van der Waals surface area (Å²) in [5.41, 5.74) is 0. The fourth-order valence-electron chi connectivity index (χ4n) is 6.72. The van der Waals surface area contributed by atoms with Gasteiger partial charge in [0.15, 0.2) is 0 Å². The average Bonchev–Trinajstić information content (AvgIpc) is 3.13. The van der Waals surface area contributed by atoms with Gasteiger partial charge in [0, 0.05) is 6.42 Å². The van der Waals surface area contributed by atoms with E-state index in [1.165, 1.54) is 116 Å². The molecule has 0 aliphatic carbocycles. The summed E-state index contributed by atoms with van der Waals surface area (Å²) in [4.78, 5) is 25.3. The van der Waals surface area contributed by atoms with Gasteiger partial charge in [-0.25, -0.2) is 0 Å². The van der Waals surface area contributed by atoms with E-state index >= 15 is 0 Å². The molecule has 55 heavy (non-hydrogen) atoms. The highest BCUT2D eigenvalue weighted by Crippen LogP contribution is 2.38. The zero-order valence-corrected chi connectivity index (χ0v) is 37.8. The predicted molar refractivity (Wildman–Crippen MR) is 233 cm³/mol. The SMILES string of the molecule is CCC/C=C\C/C=C\CCCCCCCC(=O)NC(COP(=O)([O-])OCC[N+](C)(C)C)C(O)CCCCCCCCCCCCCCCCCCCCCC. The Kier molecular flexibility index (Phi) is 37.8. The topological polar surface area (TPSA) is 108 Å². The lowest BCUT2D eigenvalue weighted by Crippen LogP contribution is -2.46. The van der Waals surface area contributed by atoms with E-state index in [1.54, 1.807) is 0 Å². The second kappa shape index (κ2) is 38.5. The van der Waals surface area contributed by atoms with E-state index in [1.807, 2.05) is 21.1 Å². The molecule has 3 atom stereocenters. The third kappa shape index (κ3) is 41.0. The van der Waals surface area contributed by atoms with Crippen LogP contribution in [-0.4, -0.2) is 68.5 Å². The molecule has 326 valence electrons. The van der Waals surface area contributed by atoms with Crippen LogP contribution in [0.2, 0.25) is 0 Å². The number of carbonyl (C=O) groups is 1. The highest BCUT2D eigenvalue weighted by molar-refractivity contribution is 7.45. The second-order valence-electron chi connectivity index (χ2n) is 17.1. The van der Waals surface area contributed by atoms with E-state index in [0.717, 1.165) is 70.6 Å². The third-order valence-corrected chi connectivity index (χ3v) is 11.4. The second-order valence-corrected chi connectivity index (χ2v) is 18.5. The summed E-state index contributed by atoms with van der Waals surface area (Å²) in [6.07, 6.45) is 44.7. The molecule has 0 rings (SSSR count). The van der Waals surface area contributed by atoms with Crippen LogP contribution >= 0.6 is 7.82 Å². The van der Waals surface area contributed by atoms with Crippen molar-refractivity contribution in [2.24, 2.45) is 0 Å². The smallest absolute Gasteiger partial charge is 0.268 e. The number of allylic oxidation sites excluding steroid dienone is 4. The molecule has 0 saturated carbocycles. The van der Waals surface area contributed by atoms with E-state index in [9.17, 15) is 19.4 Å². The van der Waals surface area contributed by atoms with Gasteiger partial charge in [-0.05, 0) is 38.5 Å². The number of quaternary nitrogens is 1. The molecule has 0 radical (unpaired) electrons. The molecule has 3 unspecified atom stereocenters. The molecular formula is C46H91N2O6P. The van der Waals surface area contributed by atoms with Crippen molar-refractivity contribution in [3.05, 3.63) is 24.3 Å². The number of aliphatic hydroxyl groups is 1. The standard InChI is InChI=1S/C46H91N2O6P/c1-6-8-10-12-14-16-18-20-21-22-23-24-25-26-28-29-31-33-35-37-39-45(49)44(43-54-55(51,52)53-42-41-48(3,4)5)47-46(50)40-38-36-34-32-30-27-19-17-15-13-11-9-7-2/h11,13,17,19,44-45,49H,6-10,12,14-16,18,20-43H2,1-5H3,(H-,47,50,51,52)/b13-11-,19-17-. The number of aliphatic hydroxyl groups excluding tert-OH is 1. The van der Waals surface area contributed by atoms with Crippen LogP contribution in [0.15, 0.2) is 24.3 Å². The van der Waals surface area contributed by atoms with Gasteiger partial charge in [0.05, 0.1) is 39.9 Å². The van der Waals surface area contributed by atoms with E-state index in [4.69, 9.17) is 9.05 Å². The molecule has 0 aromatic heterocycles. The van der Waals surface area contributed by atoms with Crippen LogP contribution in [0, 0.1) is 0 Å². The fraction of sp³-hybridized carbons (Fsp3) is 0.891. The van der Waals surface area contributed by atoms with Crippen molar-refractivity contribution in [3.63, 3.8) is 0 Å². The third-order valence-electron chi connectivity index (χ3n) is 10.4. The van der Waals surface area contributed by atoms with Crippen molar-refractivity contribution >= 4 is 13.7 Å². The largest absolute Gasteiger partial charge is 0.756 e. The summed E-state index contributed by atoms with van der Waals surface area (Å²) in [6.45, 7) is 4.65. The molecule has 1 amide bonds. The number of phosphoric ester groups is 1. The summed E-state index contributed by atoms with van der Waals surface area (Å²) >= 11 is 0. The summed E-state index contributed by atoms with van der Waals surface area (Å²) in [5, 5.41) is 13.9. The zero-order valence-electron chi connectivity index (χ0n) is 36.9. The first kappa shape index (κ1) is 54.0. The summed E-state index contributed by atoms with van der Waals surface area (Å²) in [5.74, 6) is -0.179. The van der Waals surface area contributed by atoms with Crippen molar-refractivity contribution in [3.8, 4) is 0 Å². The molecule has 0 aromatic carbocycles. The van der Waals surface area contributed by atoms with Crippen LogP contribution < -0.4 is 10.2 Å². The lowest BCUT2D eigenvalue weighted by atomic mass is 10.0. The van der Waals surface area contributed by atoms with Gasteiger partial charge < -0.3 is 28.8 Å². The van der Waals surface area contributed by atoms with E-state index in [2.05, 4.69) is 43.5 Å². The Balaban J connectivity index is 4.30. The Morgan fingerprint density at radius 3 is 1.58 bits per heavy atom. The number of phosphoric acid groups is 1. The number of hydrogen-bond acceptors (Lipinski definition) is 6. The Bertz CT molecular complexity index is 953. The predicted octanol–water partition coefficient (Wildman–Crippen LogP) is 12.3. The molecule has 9 heteroatoms. The number of nitrogens with zero attached hydrogens (tertiary/aromatic N) is 1. The highest BCUT2D eigenvalue weighted by Gasteiger charge is 2.24. The highest BCUT2D eigenvalue weighted by atomic mass is 31.2. The van der Waals surface area contributed by atoms with Crippen LogP contribution in [0.3, 0.4) is 0 Å². The van der Waals surface area contributed by atoms with E-state index in [0.29, 0.717) is 23.9 Å². The quantitative estimate of drug-likeness (QED) is 0.0276. The van der Waals surface area contributed by atoms with Crippen LogP contribution in [-0.2, 0) is 18.4 Å². The maximum atomic E-state index is 12.9. The first-order chi connectivity index (χ1) is 26.5. The van der Waals surface area contributed by atoms with Crippen LogP contribution in [0.25, 0.3) is 0 Å².